The standard InChI is InChI=1S/C19H25N3O4S2/c23-21(24)16-11-12-18(17(13-16)22(25)26)28-19(27)20(14-7-3-1-4-8-14)15-9-5-2-6-10-15/h11-15H,1-10H2. The van der Waals surface area contributed by atoms with Crippen LogP contribution in [0.4, 0.5) is 11.4 Å². The maximum absolute atomic E-state index is 11.5. The van der Waals surface area contributed by atoms with Gasteiger partial charge in [-0.1, -0.05) is 62.5 Å². The molecule has 1 aromatic carbocycles. The molecule has 0 amide bonds. The molecule has 9 heteroatoms. The molecule has 28 heavy (non-hydrogen) atoms. The van der Waals surface area contributed by atoms with Crippen molar-refractivity contribution in [3.63, 3.8) is 0 Å². The van der Waals surface area contributed by atoms with Gasteiger partial charge in [-0.2, -0.15) is 0 Å². The van der Waals surface area contributed by atoms with Gasteiger partial charge in [0.15, 0.2) is 0 Å². The van der Waals surface area contributed by atoms with E-state index in [1.165, 1.54) is 62.4 Å². The molecule has 2 aliphatic carbocycles. The van der Waals surface area contributed by atoms with Crippen LogP contribution in [-0.4, -0.2) is 31.2 Å². The highest BCUT2D eigenvalue weighted by Gasteiger charge is 2.32. The van der Waals surface area contributed by atoms with E-state index < -0.39 is 9.85 Å². The molecule has 7 nitrogen and oxygen atoms in total. The second-order valence-electron chi connectivity index (χ2n) is 7.53. The second-order valence-corrected chi connectivity index (χ2v) is 9.20. The molecular formula is C19H25N3O4S2. The monoisotopic (exact) mass is 423 g/mol. The van der Waals surface area contributed by atoms with Crippen molar-refractivity contribution in [1.29, 1.82) is 0 Å². The number of nitrogens with zero attached hydrogens (tertiary/aromatic N) is 3. The number of hydrogen-bond donors (Lipinski definition) is 0. The summed E-state index contributed by atoms with van der Waals surface area (Å²) in [5.41, 5.74) is -0.535. The van der Waals surface area contributed by atoms with E-state index in [0.717, 1.165) is 31.7 Å². The van der Waals surface area contributed by atoms with E-state index >= 15 is 0 Å². The summed E-state index contributed by atoms with van der Waals surface area (Å²) in [7, 11) is 0. The zero-order valence-electron chi connectivity index (χ0n) is 15.7. The van der Waals surface area contributed by atoms with E-state index in [1.54, 1.807) is 0 Å². The van der Waals surface area contributed by atoms with Gasteiger partial charge < -0.3 is 4.90 Å². The smallest absolute Gasteiger partial charge is 0.290 e. The van der Waals surface area contributed by atoms with Crippen LogP contribution in [0.15, 0.2) is 23.1 Å². The molecule has 2 saturated carbocycles. The van der Waals surface area contributed by atoms with Gasteiger partial charge in [-0.3, -0.25) is 20.2 Å². The lowest BCUT2D eigenvalue weighted by atomic mass is 9.89. The highest BCUT2D eigenvalue weighted by molar-refractivity contribution is 8.23. The van der Waals surface area contributed by atoms with Crippen molar-refractivity contribution in [2.24, 2.45) is 0 Å². The summed E-state index contributed by atoms with van der Waals surface area (Å²) in [4.78, 5) is 24.0. The molecule has 0 heterocycles. The van der Waals surface area contributed by atoms with E-state index in [4.69, 9.17) is 12.2 Å². The number of nitro benzene ring substituents is 2. The molecule has 0 unspecified atom stereocenters. The Labute approximate surface area is 174 Å². The predicted molar refractivity (Wildman–Crippen MR) is 114 cm³/mol. The molecule has 0 bridgehead atoms. The van der Waals surface area contributed by atoms with Crippen LogP contribution in [0.5, 0.6) is 0 Å². The fourth-order valence-corrected chi connectivity index (χ4v) is 5.84. The van der Waals surface area contributed by atoms with Crippen LogP contribution in [0.2, 0.25) is 0 Å². The second kappa shape index (κ2) is 9.65. The third-order valence-electron chi connectivity index (χ3n) is 5.69. The molecule has 152 valence electrons. The van der Waals surface area contributed by atoms with Crippen molar-refractivity contribution in [2.75, 3.05) is 0 Å². The molecular weight excluding hydrogens is 398 g/mol. The third-order valence-corrected chi connectivity index (χ3v) is 7.11. The summed E-state index contributed by atoms with van der Waals surface area (Å²) in [6.45, 7) is 0. The average molecular weight is 424 g/mol. The van der Waals surface area contributed by atoms with Crippen molar-refractivity contribution in [2.45, 2.75) is 81.2 Å². The number of rotatable bonds is 5. The van der Waals surface area contributed by atoms with Crippen molar-refractivity contribution in [1.82, 2.24) is 4.90 Å². The molecule has 0 N–H and O–H groups in total. The van der Waals surface area contributed by atoms with Crippen LogP contribution in [0, 0.1) is 20.2 Å². The Kier molecular flexibility index (Phi) is 7.23. The Bertz CT molecular complexity index is 729. The van der Waals surface area contributed by atoms with Gasteiger partial charge in [-0.25, -0.2) is 0 Å². The number of thiocarbonyl (C=S) groups is 1. The van der Waals surface area contributed by atoms with E-state index in [1.807, 2.05) is 0 Å². The lowest BCUT2D eigenvalue weighted by Gasteiger charge is -2.43. The number of nitro groups is 2. The molecule has 0 atom stereocenters. The van der Waals surface area contributed by atoms with Crippen LogP contribution >= 0.6 is 24.0 Å². The maximum atomic E-state index is 11.5. The van der Waals surface area contributed by atoms with Gasteiger partial charge in [0.1, 0.15) is 4.32 Å². The third kappa shape index (κ3) is 5.00. The molecule has 0 spiro atoms. The highest BCUT2D eigenvalue weighted by atomic mass is 32.2. The fourth-order valence-electron chi connectivity index (χ4n) is 4.31. The largest absolute Gasteiger partial charge is 0.351 e. The molecule has 0 radical (unpaired) electrons. The first kappa shape index (κ1) is 21.0. The molecule has 3 rings (SSSR count). The van der Waals surface area contributed by atoms with Crippen LogP contribution < -0.4 is 0 Å². The van der Waals surface area contributed by atoms with Gasteiger partial charge in [0.25, 0.3) is 11.4 Å². The topological polar surface area (TPSA) is 89.5 Å². The van der Waals surface area contributed by atoms with Crippen LogP contribution in [0.25, 0.3) is 0 Å². The van der Waals surface area contributed by atoms with Gasteiger partial charge >= 0.3 is 0 Å². The molecule has 2 fully saturated rings. The average Bonchev–Trinajstić information content (AvgIpc) is 2.69. The summed E-state index contributed by atoms with van der Waals surface area (Å²) in [6, 6.07) is 4.58. The first-order valence-electron chi connectivity index (χ1n) is 9.90. The Morgan fingerprint density at radius 3 is 1.93 bits per heavy atom. The first-order valence-corrected chi connectivity index (χ1v) is 11.1. The molecule has 0 aromatic heterocycles. The normalized spacial score (nSPS) is 18.6. The van der Waals surface area contributed by atoms with Gasteiger partial charge in [-0.15, -0.1) is 0 Å². The molecule has 0 saturated heterocycles. The Balaban J connectivity index is 1.84. The molecule has 1 aromatic rings. The summed E-state index contributed by atoms with van der Waals surface area (Å²) in [6.07, 6.45) is 11.7. The highest BCUT2D eigenvalue weighted by Crippen LogP contribution is 2.38. The lowest BCUT2D eigenvalue weighted by molar-refractivity contribution is -0.396. The van der Waals surface area contributed by atoms with E-state index in [9.17, 15) is 20.2 Å². The van der Waals surface area contributed by atoms with Crippen molar-refractivity contribution < 1.29 is 9.85 Å². The molecule has 0 aliphatic heterocycles. The summed E-state index contributed by atoms with van der Waals surface area (Å²) in [5.74, 6) is 0. The predicted octanol–water partition coefficient (Wildman–Crippen LogP) is 5.85. The minimum absolute atomic E-state index is 0.256. The van der Waals surface area contributed by atoms with E-state index in [2.05, 4.69) is 4.90 Å². The number of thioether (sulfide) groups is 1. The Hall–Kier alpha value is -1.74. The van der Waals surface area contributed by atoms with E-state index in [0.29, 0.717) is 21.3 Å². The number of non-ortho nitro benzene ring substituents is 1. The zero-order valence-corrected chi connectivity index (χ0v) is 17.4. The van der Waals surface area contributed by atoms with Crippen molar-refractivity contribution in [3.05, 3.63) is 38.4 Å². The fraction of sp³-hybridized carbons (Fsp3) is 0.632. The SMILES string of the molecule is O=[N+]([O-])c1ccc(SC(=S)N(C2CCCCC2)C2CCCCC2)c([N+](=O)[O-])c1. The maximum Gasteiger partial charge on any atom is 0.290 e. The number of benzene rings is 1. The summed E-state index contributed by atoms with van der Waals surface area (Å²) >= 11 is 6.99. The summed E-state index contributed by atoms with van der Waals surface area (Å²) in [5, 5.41) is 22.4. The number of hydrogen-bond acceptors (Lipinski definition) is 6. The van der Waals surface area contributed by atoms with Crippen molar-refractivity contribution in [3.8, 4) is 0 Å². The van der Waals surface area contributed by atoms with Crippen LogP contribution in [0.1, 0.15) is 64.2 Å². The Morgan fingerprint density at radius 2 is 1.46 bits per heavy atom. The van der Waals surface area contributed by atoms with Gasteiger partial charge in [0, 0.05) is 18.2 Å². The van der Waals surface area contributed by atoms with Gasteiger partial charge in [0.2, 0.25) is 0 Å². The first-order chi connectivity index (χ1) is 13.5. The van der Waals surface area contributed by atoms with Gasteiger partial charge in [-0.05, 0) is 31.7 Å². The molecule has 2 aliphatic rings. The van der Waals surface area contributed by atoms with Crippen molar-refractivity contribution >= 4 is 39.7 Å². The van der Waals surface area contributed by atoms with Crippen LogP contribution in [0.3, 0.4) is 0 Å². The lowest BCUT2D eigenvalue weighted by Crippen LogP contribution is -2.47. The Morgan fingerprint density at radius 1 is 0.929 bits per heavy atom. The summed E-state index contributed by atoms with van der Waals surface area (Å²) < 4.78 is 0.663. The zero-order chi connectivity index (χ0) is 20.1. The van der Waals surface area contributed by atoms with Crippen LogP contribution in [-0.2, 0) is 0 Å². The van der Waals surface area contributed by atoms with Gasteiger partial charge in [0.05, 0.1) is 20.8 Å². The van der Waals surface area contributed by atoms with E-state index in [-0.39, 0.29) is 11.4 Å². The quantitative estimate of drug-likeness (QED) is 0.254. The minimum atomic E-state index is -0.615. The minimum Gasteiger partial charge on any atom is -0.351 e.